The van der Waals surface area contributed by atoms with Crippen LogP contribution in [0.3, 0.4) is 0 Å². The molecule has 146 valence electrons. The van der Waals surface area contributed by atoms with Crippen molar-refractivity contribution in [3.63, 3.8) is 0 Å². The number of aromatic nitrogens is 2. The van der Waals surface area contributed by atoms with Gasteiger partial charge in [-0.2, -0.15) is 5.10 Å². The van der Waals surface area contributed by atoms with Crippen LogP contribution in [-0.4, -0.2) is 21.7 Å². The first kappa shape index (κ1) is 19.2. The Morgan fingerprint density at radius 1 is 1.07 bits per heavy atom. The maximum atomic E-state index is 12.3. The van der Waals surface area contributed by atoms with E-state index >= 15 is 0 Å². The zero-order valence-corrected chi connectivity index (χ0v) is 16.1. The lowest BCUT2D eigenvalue weighted by Gasteiger charge is -2.09. The van der Waals surface area contributed by atoms with Crippen molar-refractivity contribution in [3.05, 3.63) is 65.4 Å². The fourth-order valence-corrected chi connectivity index (χ4v) is 2.83. The number of carbonyl (C=O) groups excluding carboxylic acids is 2. The minimum Gasteiger partial charge on any atom is -0.467 e. The zero-order valence-electron chi connectivity index (χ0n) is 16.1. The summed E-state index contributed by atoms with van der Waals surface area (Å²) in [6, 6.07) is 10.1. The number of benzene rings is 1. The van der Waals surface area contributed by atoms with Crippen LogP contribution in [-0.2, 0) is 24.8 Å². The van der Waals surface area contributed by atoms with Crippen LogP contribution < -0.4 is 16.0 Å². The van der Waals surface area contributed by atoms with Crippen molar-refractivity contribution in [2.24, 2.45) is 7.05 Å². The van der Waals surface area contributed by atoms with Gasteiger partial charge in [-0.1, -0.05) is 0 Å². The number of carbonyl (C=O) groups is 2. The summed E-state index contributed by atoms with van der Waals surface area (Å²) < 4.78 is 6.93. The second kappa shape index (κ2) is 8.43. The van der Waals surface area contributed by atoms with Crippen LogP contribution in [0.4, 0.5) is 16.2 Å². The fraction of sp³-hybridized carbons (Fsp3) is 0.250. The van der Waals surface area contributed by atoms with Crippen molar-refractivity contribution in [2.75, 3.05) is 10.6 Å². The number of urea groups is 1. The summed E-state index contributed by atoms with van der Waals surface area (Å²) in [7, 11) is 1.86. The minimum absolute atomic E-state index is 0.115. The summed E-state index contributed by atoms with van der Waals surface area (Å²) in [5, 5.41) is 12.6. The van der Waals surface area contributed by atoms with Crippen molar-refractivity contribution in [3.8, 4) is 0 Å². The molecule has 0 aliphatic carbocycles. The smallest absolute Gasteiger partial charge is 0.319 e. The molecule has 8 heteroatoms. The quantitative estimate of drug-likeness (QED) is 0.610. The predicted molar refractivity (Wildman–Crippen MR) is 106 cm³/mol. The Labute approximate surface area is 162 Å². The van der Waals surface area contributed by atoms with Crippen LogP contribution in [0.2, 0.25) is 0 Å². The standard InChI is InChI=1S/C20H23N5O3/c1-13-18(14(2)25(3)24-13)11-19(26)22-15-6-8-16(9-7-15)23-20(27)21-12-17-5-4-10-28-17/h4-10H,11-12H2,1-3H3,(H,22,26)(H2,21,23,27). The highest BCUT2D eigenvalue weighted by Crippen LogP contribution is 2.16. The monoisotopic (exact) mass is 381 g/mol. The Morgan fingerprint density at radius 2 is 1.75 bits per heavy atom. The van der Waals surface area contributed by atoms with Gasteiger partial charge < -0.3 is 20.4 Å². The summed E-state index contributed by atoms with van der Waals surface area (Å²) in [6.45, 7) is 4.15. The molecule has 0 aliphatic rings. The topological polar surface area (TPSA) is 101 Å². The molecular formula is C20H23N5O3. The molecular weight excluding hydrogens is 358 g/mol. The Bertz CT molecular complexity index is 959. The summed E-state index contributed by atoms with van der Waals surface area (Å²) in [5.41, 5.74) is 4.05. The third kappa shape index (κ3) is 4.79. The zero-order chi connectivity index (χ0) is 20.1. The van der Waals surface area contributed by atoms with E-state index in [0.717, 1.165) is 17.0 Å². The predicted octanol–water partition coefficient (Wildman–Crippen LogP) is 3.13. The maximum absolute atomic E-state index is 12.3. The molecule has 0 aliphatic heterocycles. The lowest BCUT2D eigenvalue weighted by atomic mass is 10.1. The van der Waals surface area contributed by atoms with Gasteiger partial charge in [0.1, 0.15) is 5.76 Å². The Morgan fingerprint density at radius 3 is 2.32 bits per heavy atom. The van der Waals surface area contributed by atoms with Gasteiger partial charge in [-0.3, -0.25) is 9.48 Å². The average molecular weight is 381 g/mol. The summed E-state index contributed by atoms with van der Waals surface area (Å²) in [4.78, 5) is 24.2. The van der Waals surface area contributed by atoms with Gasteiger partial charge in [0.2, 0.25) is 5.91 Å². The van der Waals surface area contributed by atoms with Crippen LogP contribution in [0.15, 0.2) is 47.1 Å². The molecule has 3 aromatic rings. The van der Waals surface area contributed by atoms with Crippen molar-refractivity contribution < 1.29 is 14.0 Å². The summed E-state index contributed by atoms with van der Waals surface area (Å²) >= 11 is 0. The van der Waals surface area contributed by atoms with E-state index in [1.165, 1.54) is 0 Å². The molecule has 3 N–H and O–H groups in total. The Balaban J connectivity index is 1.51. The fourth-order valence-electron chi connectivity index (χ4n) is 2.83. The van der Waals surface area contributed by atoms with Gasteiger partial charge in [-0.25, -0.2) is 4.79 Å². The molecule has 0 saturated heterocycles. The molecule has 0 spiro atoms. The molecule has 8 nitrogen and oxygen atoms in total. The number of hydrogen-bond donors (Lipinski definition) is 3. The number of hydrogen-bond acceptors (Lipinski definition) is 4. The molecule has 0 bridgehead atoms. The van der Waals surface area contributed by atoms with Crippen LogP contribution in [0.25, 0.3) is 0 Å². The maximum Gasteiger partial charge on any atom is 0.319 e. The van der Waals surface area contributed by atoms with E-state index in [-0.39, 0.29) is 18.4 Å². The van der Waals surface area contributed by atoms with E-state index in [1.54, 1.807) is 47.3 Å². The molecule has 3 rings (SSSR count). The summed E-state index contributed by atoms with van der Waals surface area (Å²) in [6.07, 6.45) is 1.82. The highest BCUT2D eigenvalue weighted by molar-refractivity contribution is 5.93. The summed E-state index contributed by atoms with van der Waals surface area (Å²) in [5.74, 6) is 0.559. The minimum atomic E-state index is -0.337. The highest BCUT2D eigenvalue weighted by atomic mass is 16.3. The van der Waals surface area contributed by atoms with Gasteiger partial charge in [0, 0.05) is 29.7 Å². The number of amides is 3. The van der Waals surface area contributed by atoms with E-state index < -0.39 is 0 Å². The van der Waals surface area contributed by atoms with Gasteiger partial charge in [-0.05, 0) is 50.2 Å². The lowest BCUT2D eigenvalue weighted by molar-refractivity contribution is -0.115. The second-order valence-electron chi connectivity index (χ2n) is 6.46. The van der Waals surface area contributed by atoms with Crippen molar-refractivity contribution in [2.45, 2.75) is 26.8 Å². The molecule has 28 heavy (non-hydrogen) atoms. The first-order chi connectivity index (χ1) is 13.4. The van der Waals surface area contributed by atoms with E-state index in [9.17, 15) is 9.59 Å². The van der Waals surface area contributed by atoms with Gasteiger partial charge >= 0.3 is 6.03 Å². The highest BCUT2D eigenvalue weighted by Gasteiger charge is 2.13. The molecule has 0 atom stereocenters. The molecule has 2 aromatic heterocycles. The van der Waals surface area contributed by atoms with E-state index in [2.05, 4.69) is 21.0 Å². The molecule has 0 fully saturated rings. The van der Waals surface area contributed by atoms with Crippen LogP contribution in [0, 0.1) is 13.8 Å². The average Bonchev–Trinajstić information content (AvgIpc) is 3.26. The van der Waals surface area contributed by atoms with Crippen LogP contribution >= 0.6 is 0 Å². The molecule has 0 unspecified atom stereocenters. The second-order valence-corrected chi connectivity index (χ2v) is 6.46. The van der Waals surface area contributed by atoms with E-state index in [4.69, 9.17) is 4.42 Å². The van der Waals surface area contributed by atoms with Gasteiger partial charge in [-0.15, -0.1) is 0 Å². The first-order valence-corrected chi connectivity index (χ1v) is 8.88. The van der Waals surface area contributed by atoms with E-state index in [0.29, 0.717) is 23.7 Å². The van der Waals surface area contributed by atoms with Crippen molar-refractivity contribution in [1.29, 1.82) is 0 Å². The number of furan rings is 1. The number of rotatable bonds is 6. The third-order valence-corrected chi connectivity index (χ3v) is 4.43. The molecule has 1 aromatic carbocycles. The van der Waals surface area contributed by atoms with Crippen LogP contribution in [0.1, 0.15) is 22.7 Å². The number of nitrogens with one attached hydrogen (secondary N) is 3. The molecule has 0 saturated carbocycles. The Kier molecular flexibility index (Phi) is 5.78. The van der Waals surface area contributed by atoms with Gasteiger partial charge in [0.05, 0.1) is 24.9 Å². The van der Waals surface area contributed by atoms with Gasteiger partial charge in [0.25, 0.3) is 0 Å². The first-order valence-electron chi connectivity index (χ1n) is 8.88. The number of anilines is 2. The molecule has 3 amide bonds. The largest absolute Gasteiger partial charge is 0.467 e. The van der Waals surface area contributed by atoms with Crippen molar-refractivity contribution >= 4 is 23.3 Å². The lowest BCUT2D eigenvalue weighted by Crippen LogP contribution is -2.27. The van der Waals surface area contributed by atoms with E-state index in [1.807, 2.05) is 20.9 Å². The van der Waals surface area contributed by atoms with Crippen molar-refractivity contribution in [1.82, 2.24) is 15.1 Å². The third-order valence-electron chi connectivity index (χ3n) is 4.43. The van der Waals surface area contributed by atoms with Gasteiger partial charge in [0.15, 0.2) is 0 Å². The molecule has 0 radical (unpaired) electrons. The number of aryl methyl sites for hydroxylation is 2. The van der Waals surface area contributed by atoms with Crippen LogP contribution in [0.5, 0.6) is 0 Å². The normalized spacial score (nSPS) is 10.5. The number of nitrogens with zero attached hydrogens (tertiary/aromatic N) is 2. The molecule has 2 heterocycles. The SMILES string of the molecule is Cc1nn(C)c(C)c1CC(=O)Nc1ccc(NC(=O)NCc2ccco2)cc1. The Hall–Kier alpha value is -3.55.